The lowest BCUT2D eigenvalue weighted by molar-refractivity contribution is -0.477. The minimum Gasteiger partial charge on any atom is -0.460 e. The average molecular weight is 434 g/mol. The van der Waals surface area contributed by atoms with Crippen LogP contribution in [-0.4, -0.2) is 40.1 Å². The molecule has 0 aliphatic carbocycles. The van der Waals surface area contributed by atoms with Crippen LogP contribution in [0.3, 0.4) is 0 Å². The summed E-state index contributed by atoms with van der Waals surface area (Å²) in [6, 6.07) is 11.0. The van der Waals surface area contributed by atoms with E-state index >= 15 is 0 Å². The maximum Gasteiger partial charge on any atom is 0.345 e. The number of esters is 1. The van der Waals surface area contributed by atoms with E-state index in [1.807, 2.05) is 0 Å². The molecule has 2 aromatic carbocycles. The number of halogens is 1. The molecule has 2 aromatic heterocycles. The summed E-state index contributed by atoms with van der Waals surface area (Å²) in [6.07, 6.45) is 6.52. The lowest BCUT2D eigenvalue weighted by Crippen LogP contribution is -2.71. The summed E-state index contributed by atoms with van der Waals surface area (Å²) in [7, 11) is 1.55. The lowest BCUT2D eigenvalue weighted by atomic mass is 10.1. The van der Waals surface area contributed by atoms with Gasteiger partial charge in [0.2, 0.25) is 0 Å². The van der Waals surface area contributed by atoms with Gasteiger partial charge in [0.1, 0.15) is 23.7 Å². The van der Waals surface area contributed by atoms with E-state index in [4.69, 9.17) is 4.74 Å². The molecular weight excluding hydrogens is 413 g/mol. The van der Waals surface area contributed by atoms with Crippen molar-refractivity contribution in [3.63, 3.8) is 0 Å². The molecule has 9 heteroatoms. The number of imidazole rings is 1. The molecular formula is C23H21FN5O3+. The molecule has 8 nitrogen and oxygen atoms in total. The number of carbonyl (C=O) groups is 2. The summed E-state index contributed by atoms with van der Waals surface area (Å²) in [4.78, 5) is 33.4. The van der Waals surface area contributed by atoms with Crippen LogP contribution in [0.25, 0.3) is 10.9 Å². The number of carbonyl (C=O) groups excluding carboxylic acids is 2. The molecule has 4 aromatic rings. The number of pyridine rings is 1. The number of ether oxygens (including phenoxy) is 1. The number of nitrogens with zero attached hydrogens (tertiary/aromatic N) is 3. The van der Waals surface area contributed by atoms with E-state index in [0.717, 1.165) is 0 Å². The fourth-order valence-corrected chi connectivity index (χ4v) is 3.28. The highest BCUT2D eigenvalue weighted by Crippen LogP contribution is 2.25. The summed E-state index contributed by atoms with van der Waals surface area (Å²) in [6.45, 7) is 0.617. The van der Waals surface area contributed by atoms with Crippen molar-refractivity contribution in [3.05, 3.63) is 84.3 Å². The van der Waals surface area contributed by atoms with Gasteiger partial charge < -0.3 is 14.6 Å². The van der Waals surface area contributed by atoms with Crippen LogP contribution in [0.15, 0.2) is 67.4 Å². The van der Waals surface area contributed by atoms with Gasteiger partial charge in [0.25, 0.3) is 5.91 Å². The van der Waals surface area contributed by atoms with Crippen molar-refractivity contribution in [1.82, 2.24) is 19.9 Å². The van der Waals surface area contributed by atoms with Gasteiger partial charge in [0, 0.05) is 43.3 Å². The SMILES string of the molecule is CNC(=O)c1ccc2ncc(C(=O)OCCn3ccnc3)c([NH2+]c3ccc(F)cc3)c2c1. The quantitative estimate of drug-likeness (QED) is 0.343. The van der Waals surface area contributed by atoms with Gasteiger partial charge in [0.15, 0.2) is 5.69 Å². The Hall–Kier alpha value is -4.11. The highest BCUT2D eigenvalue weighted by Gasteiger charge is 2.22. The zero-order valence-corrected chi connectivity index (χ0v) is 17.3. The molecule has 3 N–H and O–H groups in total. The Morgan fingerprint density at radius 1 is 1.19 bits per heavy atom. The van der Waals surface area contributed by atoms with E-state index in [2.05, 4.69) is 15.3 Å². The Kier molecular flexibility index (Phi) is 6.18. The van der Waals surface area contributed by atoms with Crippen molar-refractivity contribution in [2.75, 3.05) is 13.7 Å². The molecule has 0 fully saturated rings. The van der Waals surface area contributed by atoms with Crippen LogP contribution in [0.2, 0.25) is 0 Å². The number of amides is 1. The van der Waals surface area contributed by atoms with Gasteiger partial charge >= 0.3 is 5.97 Å². The zero-order valence-electron chi connectivity index (χ0n) is 17.3. The summed E-state index contributed by atoms with van der Waals surface area (Å²) in [5, 5.41) is 4.95. The summed E-state index contributed by atoms with van der Waals surface area (Å²) in [5.41, 5.74) is 2.53. The van der Waals surface area contributed by atoms with Crippen LogP contribution in [0.5, 0.6) is 0 Å². The van der Waals surface area contributed by atoms with Crippen LogP contribution in [0, 0.1) is 5.82 Å². The molecule has 0 aliphatic rings. The molecule has 0 bridgehead atoms. The second kappa shape index (κ2) is 9.36. The zero-order chi connectivity index (χ0) is 22.5. The van der Waals surface area contributed by atoms with Crippen molar-refractivity contribution in [1.29, 1.82) is 0 Å². The first kappa shape index (κ1) is 21.1. The molecule has 0 unspecified atom stereocenters. The number of nitrogens with one attached hydrogen (secondary N) is 1. The number of rotatable bonds is 7. The topological polar surface area (TPSA) is 103 Å². The number of fused-ring (bicyclic) bond motifs is 1. The van der Waals surface area contributed by atoms with Crippen LogP contribution < -0.4 is 10.6 Å². The van der Waals surface area contributed by atoms with E-state index in [9.17, 15) is 14.0 Å². The Labute approximate surface area is 183 Å². The summed E-state index contributed by atoms with van der Waals surface area (Å²) < 4.78 is 20.6. The molecule has 0 radical (unpaired) electrons. The first-order chi connectivity index (χ1) is 15.5. The van der Waals surface area contributed by atoms with Gasteiger partial charge in [-0.3, -0.25) is 15.1 Å². The third-order valence-corrected chi connectivity index (χ3v) is 4.94. The van der Waals surface area contributed by atoms with Crippen molar-refractivity contribution in [2.24, 2.45) is 0 Å². The summed E-state index contributed by atoms with van der Waals surface area (Å²) >= 11 is 0. The number of aromatic nitrogens is 3. The number of nitrogens with two attached hydrogens (primary N) is 1. The van der Waals surface area contributed by atoms with Crippen molar-refractivity contribution >= 4 is 34.2 Å². The molecule has 0 aliphatic heterocycles. The minimum absolute atomic E-state index is 0.154. The normalized spacial score (nSPS) is 10.8. The van der Waals surface area contributed by atoms with Crippen LogP contribution >= 0.6 is 0 Å². The molecule has 1 amide bonds. The predicted octanol–water partition coefficient (Wildman–Crippen LogP) is 2.31. The average Bonchev–Trinajstić information content (AvgIpc) is 3.33. The largest absolute Gasteiger partial charge is 0.460 e. The monoisotopic (exact) mass is 434 g/mol. The third-order valence-electron chi connectivity index (χ3n) is 4.94. The van der Waals surface area contributed by atoms with Crippen LogP contribution in [0.1, 0.15) is 20.7 Å². The third kappa shape index (κ3) is 4.62. The van der Waals surface area contributed by atoms with Gasteiger partial charge in [-0.2, -0.15) is 0 Å². The Morgan fingerprint density at radius 2 is 2.00 bits per heavy atom. The van der Waals surface area contributed by atoms with Gasteiger partial charge in [0.05, 0.1) is 23.8 Å². The number of quaternary nitrogens is 1. The number of hydrogen-bond donors (Lipinski definition) is 2. The van der Waals surface area contributed by atoms with E-state index < -0.39 is 5.97 Å². The maximum atomic E-state index is 13.4. The highest BCUT2D eigenvalue weighted by molar-refractivity contribution is 6.05. The molecule has 0 saturated heterocycles. The lowest BCUT2D eigenvalue weighted by Gasteiger charge is -2.11. The van der Waals surface area contributed by atoms with E-state index in [-0.39, 0.29) is 23.9 Å². The first-order valence-electron chi connectivity index (χ1n) is 9.93. The van der Waals surface area contributed by atoms with Gasteiger partial charge in [-0.05, 0) is 30.3 Å². The summed E-state index contributed by atoms with van der Waals surface area (Å²) in [5.74, 6) is -1.16. The molecule has 0 saturated carbocycles. The molecule has 162 valence electrons. The predicted molar refractivity (Wildman–Crippen MR) is 115 cm³/mol. The minimum atomic E-state index is -0.543. The fourth-order valence-electron chi connectivity index (χ4n) is 3.28. The molecule has 2 heterocycles. The van der Waals surface area contributed by atoms with E-state index in [0.29, 0.717) is 34.4 Å². The maximum absolute atomic E-state index is 13.4. The smallest absolute Gasteiger partial charge is 0.345 e. The Morgan fingerprint density at radius 3 is 2.72 bits per heavy atom. The standard InChI is InChI=1S/C23H20FN5O3/c1-25-22(30)15-2-7-20-18(12-15)21(28-17-5-3-16(24)4-6-17)19(13-27-20)23(31)32-11-10-29-9-8-26-14-29/h2-9,12-14H,10-11H2,1H3,(H,25,30)(H,27,28)/p+1. The van der Waals surface area contributed by atoms with Crippen LogP contribution in [-0.2, 0) is 11.3 Å². The Balaban J connectivity index is 1.71. The van der Waals surface area contributed by atoms with Crippen LogP contribution in [0.4, 0.5) is 15.8 Å². The van der Waals surface area contributed by atoms with Gasteiger partial charge in [-0.1, -0.05) is 0 Å². The number of benzene rings is 2. The fraction of sp³-hybridized carbons (Fsp3) is 0.130. The van der Waals surface area contributed by atoms with E-state index in [1.165, 1.54) is 18.3 Å². The van der Waals surface area contributed by atoms with Crippen molar-refractivity contribution in [2.45, 2.75) is 6.54 Å². The second-order valence-corrected chi connectivity index (χ2v) is 7.03. The number of hydrogen-bond acceptors (Lipinski definition) is 5. The molecule has 0 atom stereocenters. The molecule has 32 heavy (non-hydrogen) atoms. The first-order valence-corrected chi connectivity index (χ1v) is 9.93. The van der Waals surface area contributed by atoms with E-state index in [1.54, 1.807) is 66.0 Å². The molecule has 4 rings (SSSR count). The van der Waals surface area contributed by atoms with Gasteiger partial charge in [-0.25, -0.2) is 14.2 Å². The van der Waals surface area contributed by atoms with Crippen molar-refractivity contribution in [3.8, 4) is 0 Å². The Bertz CT molecular complexity index is 1260. The van der Waals surface area contributed by atoms with Gasteiger partial charge in [-0.15, -0.1) is 0 Å². The second-order valence-electron chi connectivity index (χ2n) is 7.03. The van der Waals surface area contributed by atoms with Crippen molar-refractivity contribution < 1.29 is 24.0 Å². The molecule has 0 spiro atoms. The highest BCUT2D eigenvalue weighted by atomic mass is 19.1.